The standard InChI is InChI=1S/C10H15BrF3NO/c11-7-4-2-1-3-5-8(7)15-9(16)6-10(12,13)14/h7-8H,1-6H2,(H,15,16). The second-order valence-electron chi connectivity index (χ2n) is 4.12. The molecule has 0 aromatic carbocycles. The molecule has 0 aliphatic heterocycles. The number of carbonyl (C=O) groups excluding carboxylic acids is 1. The zero-order valence-electron chi connectivity index (χ0n) is 8.82. The summed E-state index contributed by atoms with van der Waals surface area (Å²) < 4.78 is 35.9. The molecule has 0 bridgehead atoms. The molecule has 1 aliphatic rings. The summed E-state index contributed by atoms with van der Waals surface area (Å²) in [7, 11) is 0. The number of halogens is 4. The van der Waals surface area contributed by atoms with Gasteiger partial charge in [0.2, 0.25) is 5.91 Å². The van der Waals surface area contributed by atoms with Gasteiger partial charge >= 0.3 is 6.18 Å². The van der Waals surface area contributed by atoms with Crippen LogP contribution < -0.4 is 5.32 Å². The minimum absolute atomic E-state index is 0.0900. The zero-order chi connectivity index (χ0) is 12.2. The lowest BCUT2D eigenvalue weighted by Gasteiger charge is -2.21. The Labute approximate surface area is 101 Å². The highest BCUT2D eigenvalue weighted by Gasteiger charge is 2.33. The van der Waals surface area contributed by atoms with Gasteiger partial charge in [-0.3, -0.25) is 4.79 Å². The third-order valence-corrected chi connectivity index (χ3v) is 3.74. The van der Waals surface area contributed by atoms with Crippen LogP contribution in [0.2, 0.25) is 0 Å². The molecule has 1 N–H and O–H groups in total. The highest BCUT2D eigenvalue weighted by atomic mass is 79.9. The van der Waals surface area contributed by atoms with E-state index in [0.29, 0.717) is 0 Å². The summed E-state index contributed by atoms with van der Waals surface area (Å²) in [5.74, 6) is -0.927. The highest BCUT2D eigenvalue weighted by molar-refractivity contribution is 9.09. The molecule has 1 fully saturated rings. The van der Waals surface area contributed by atoms with Crippen molar-refractivity contribution in [1.29, 1.82) is 0 Å². The lowest BCUT2D eigenvalue weighted by Crippen LogP contribution is -2.41. The molecule has 0 aromatic heterocycles. The van der Waals surface area contributed by atoms with Gasteiger partial charge in [-0.1, -0.05) is 35.2 Å². The van der Waals surface area contributed by atoms with Gasteiger partial charge < -0.3 is 5.32 Å². The monoisotopic (exact) mass is 301 g/mol. The Balaban J connectivity index is 2.42. The van der Waals surface area contributed by atoms with Gasteiger partial charge in [0.25, 0.3) is 0 Å². The van der Waals surface area contributed by atoms with Gasteiger partial charge in [-0.25, -0.2) is 0 Å². The van der Waals surface area contributed by atoms with Crippen molar-refractivity contribution in [3.05, 3.63) is 0 Å². The van der Waals surface area contributed by atoms with Crippen LogP contribution in [0.3, 0.4) is 0 Å². The minimum Gasteiger partial charge on any atom is -0.352 e. The average Bonchev–Trinajstić information content (AvgIpc) is 2.29. The van der Waals surface area contributed by atoms with E-state index in [4.69, 9.17) is 0 Å². The Morgan fingerprint density at radius 3 is 2.50 bits per heavy atom. The topological polar surface area (TPSA) is 29.1 Å². The van der Waals surface area contributed by atoms with Crippen molar-refractivity contribution in [3.8, 4) is 0 Å². The first-order chi connectivity index (χ1) is 7.38. The largest absolute Gasteiger partial charge is 0.397 e. The van der Waals surface area contributed by atoms with Crippen molar-refractivity contribution in [3.63, 3.8) is 0 Å². The van der Waals surface area contributed by atoms with Crippen LogP contribution >= 0.6 is 15.9 Å². The Bertz CT molecular complexity index is 245. The van der Waals surface area contributed by atoms with E-state index in [1.54, 1.807) is 0 Å². The minimum atomic E-state index is -4.42. The summed E-state index contributed by atoms with van der Waals surface area (Å²) in [5.41, 5.74) is 0. The Hall–Kier alpha value is -0.260. The number of hydrogen-bond acceptors (Lipinski definition) is 1. The van der Waals surface area contributed by atoms with E-state index in [2.05, 4.69) is 21.2 Å². The summed E-state index contributed by atoms with van der Waals surface area (Å²) in [6.07, 6.45) is -1.06. The molecular formula is C10H15BrF3NO. The van der Waals surface area contributed by atoms with Crippen molar-refractivity contribution in [2.45, 2.75) is 55.6 Å². The van der Waals surface area contributed by atoms with Gasteiger partial charge in [0.05, 0.1) is 0 Å². The molecule has 2 atom stereocenters. The maximum Gasteiger partial charge on any atom is 0.397 e. The molecule has 16 heavy (non-hydrogen) atoms. The number of amides is 1. The van der Waals surface area contributed by atoms with Crippen LogP contribution in [0.1, 0.15) is 38.5 Å². The summed E-state index contributed by atoms with van der Waals surface area (Å²) in [5, 5.41) is 2.46. The average molecular weight is 302 g/mol. The molecule has 0 heterocycles. The van der Waals surface area contributed by atoms with E-state index in [1.165, 1.54) is 0 Å². The van der Waals surface area contributed by atoms with Gasteiger partial charge in [0, 0.05) is 10.9 Å². The second-order valence-corrected chi connectivity index (χ2v) is 5.30. The van der Waals surface area contributed by atoms with E-state index in [1.807, 2.05) is 0 Å². The summed E-state index contributed by atoms with van der Waals surface area (Å²) >= 11 is 3.42. The van der Waals surface area contributed by atoms with E-state index >= 15 is 0 Å². The third kappa shape index (κ3) is 5.18. The molecule has 0 aromatic rings. The Kier molecular flexibility index (Phi) is 5.08. The first kappa shape index (κ1) is 13.8. The summed E-state index contributed by atoms with van der Waals surface area (Å²) in [6.45, 7) is 0. The van der Waals surface area contributed by atoms with Crippen LogP contribution in [-0.4, -0.2) is 23.0 Å². The zero-order valence-corrected chi connectivity index (χ0v) is 10.4. The molecule has 94 valence electrons. The van der Waals surface area contributed by atoms with Crippen molar-refractivity contribution < 1.29 is 18.0 Å². The summed E-state index contributed by atoms with van der Waals surface area (Å²) in [6, 6.07) is -0.169. The highest BCUT2D eigenvalue weighted by Crippen LogP contribution is 2.25. The number of alkyl halides is 4. The van der Waals surface area contributed by atoms with Crippen molar-refractivity contribution in [2.75, 3.05) is 0 Å². The van der Waals surface area contributed by atoms with E-state index in [0.717, 1.165) is 32.1 Å². The smallest absolute Gasteiger partial charge is 0.352 e. The fraction of sp³-hybridized carbons (Fsp3) is 0.900. The van der Waals surface area contributed by atoms with Crippen molar-refractivity contribution in [1.82, 2.24) is 5.32 Å². The van der Waals surface area contributed by atoms with Gasteiger partial charge in [0.1, 0.15) is 6.42 Å². The number of hydrogen-bond donors (Lipinski definition) is 1. The lowest BCUT2D eigenvalue weighted by molar-refractivity contribution is -0.154. The first-order valence-corrected chi connectivity index (χ1v) is 6.30. The van der Waals surface area contributed by atoms with Gasteiger partial charge in [-0.15, -0.1) is 0 Å². The van der Waals surface area contributed by atoms with Crippen LogP contribution in [0.15, 0.2) is 0 Å². The summed E-state index contributed by atoms with van der Waals surface area (Å²) in [4.78, 5) is 11.2. The molecule has 0 radical (unpaired) electrons. The molecule has 2 unspecified atom stereocenters. The molecule has 1 rings (SSSR count). The van der Waals surface area contributed by atoms with Crippen LogP contribution in [0.5, 0.6) is 0 Å². The SMILES string of the molecule is O=C(CC(F)(F)F)NC1CCCCCC1Br. The van der Waals surface area contributed by atoms with Crippen molar-refractivity contribution in [2.24, 2.45) is 0 Å². The molecule has 6 heteroatoms. The predicted octanol–water partition coefficient (Wildman–Crippen LogP) is 3.15. The number of carbonyl (C=O) groups is 1. The quantitative estimate of drug-likeness (QED) is 0.616. The predicted molar refractivity (Wildman–Crippen MR) is 58.4 cm³/mol. The fourth-order valence-corrected chi connectivity index (χ4v) is 2.59. The van der Waals surface area contributed by atoms with Crippen LogP contribution in [0, 0.1) is 0 Å². The third-order valence-electron chi connectivity index (χ3n) is 2.64. The molecule has 0 spiro atoms. The van der Waals surface area contributed by atoms with Crippen LogP contribution in [0.25, 0.3) is 0 Å². The number of nitrogens with one attached hydrogen (secondary N) is 1. The fourth-order valence-electron chi connectivity index (χ4n) is 1.86. The van der Waals surface area contributed by atoms with Crippen LogP contribution in [-0.2, 0) is 4.79 Å². The maximum absolute atomic E-state index is 12.0. The van der Waals surface area contributed by atoms with Gasteiger partial charge in [-0.2, -0.15) is 13.2 Å². The van der Waals surface area contributed by atoms with E-state index < -0.39 is 18.5 Å². The molecular weight excluding hydrogens is 287 g/mol. The molecule has 1 saturated carbocycles. The lowest BCUT2D eigenvalue weighted by atomic mass is 10.1. The molecule has 0 saturated heterocycles. The Morgan fingerprint density at radius 2 is 1.88 bits per heavy atom. The second kappa shape index (κ2) is 5.89. The normalized spacial score (nSPS) is 27.2. The molecule has 1 aliphatic carbocycles. The Morgan fingerprint density at radius 1 is 1.25 bits per heavy atom. The van der Waals surface area contributed by atoms with Crippen molar-refractivity contribution >= 4 is 21.8 Å². The maximum atomic E-state index is 12.0. The van der Waals surface area contributed by atoms with E-state index in [9.17, 15) is 18.0 Å². The van der Waals surface area contributed by atoms with Gasteiger partial charge in [-0.05, 0) is 12.8 Å². The van der Waals surface area contributed by atoms with E-state index in [-0.39, 0.29) is 10.9 Å². The first-order valence-electron chi connectivity index (χ1n) is 5.38. The molecule has 2 nitrogen and oxygen atoms in total. The molecule has 1 amide bonds. The number of rotatable bonds is 2. The van der Waals surface area contributed by atoms with Gasteiger partial charge in [0.15, 0.2) is 0 Å². The van der Waals surface area contributed by atoms with Crippen LogP contribution in [0.4, 0.5) is 13.2 Å².